The highest BCUT2D eigenvalue weighted by atomic mass is 16.4. The summed E-state index contributed by atoms with van der Waals surface area (Å²) in [5, 5.41) is 0.967. The summed E-state index contributed by atoms with van der Waals surface area (Å²) in [6, 6.07) is 26.3. The van der Waals surface area contributed by atoms with Gasteiger partial charge in [0, 0.05) is 11.5 Å². The van der Waals surface area contributed by atoms with E-state index in [0.717, 1.165) is 22.1 Å². The lowest BCUT2D eigenvalue weighted by molar-refractivity contribution is 0.559. The second-order valence-corrected chi connectivity index (χ2v) is 7.88. The molecule has 0 aliphatic rings. The van der Waals surface area contributed by atoms with E-state index >= 15 is 0 Å². The van der Waals surface area contributed by atoms with Crippen molar-refractivity contribution in [2.75, 3.05) is 0 Å². The Morgan fingerprint density at radius 1 is 0.704 bits per heavy atom. The number of benzene rings is 3. The van der Waals surface area contributed by atoms with Gasteiger partial charge in [0.1, 0.15) is 5.58 Å². The van der Waals surface area contributed by atoms with Gasteiger partial charge in [0.15, 0.2) is 0 Å². The van der Waals surface area contributed by atoms with Crippen LogP contribution in [0.25, 0.3) is 33.2 Å². The van der Waals surface area contributed by atoms with Crippen molar-refractivity contribution < 1.29 is 4.42 Å². The van der Waals surface area contributed by atoms with Crippen LogP contribution in [0.1, 0.15) is 26.3 Å². The predicted molar refractivity (Wildman–Crippen MR) is 112 cm³/mol. The van der Waals surface area contributed by atoms with Crippen molar-refractivity contribution in [2.45, 2.75) is 26.2 Å². The normalized spacial score (nSPS) is 11.7. The topological polar surface area (TPSA) is 30.2 Å². The van der Waals surface area contributed by atoms with Crippen LogP contribution in [0, 0.1) is 0 Å². The lowest BCUT2D eigenvalue weighted by Gasteiger charge is -2.19. The first kappa shape index (κ1) is 17.3. The molecule has 0 saturated carbocycles. The van der Waals surface area contributed by atoms with Gasteiger partial charge >= 0.3 is 5.63 Å². The van der Waals surface area contributed by atoms with E-state index in [1.54, 1.807) is 6.07 Å². The maximum atomic E-state index is 12.1. The van der Waals surface area contributed by atoms with Gasteiger partial charge in [-0.1, -0.05) is 81.4 Å². The van der Waals surface area contributed by atoms with Gasteiger partial charge in [0.2, 0.25) is 0 Å². The number of hydrogen-bond acceptors (Lipinski definition) is 2. The second kappa shape index (κ2) is 6.55. The van der Waals surface area contributed by atoms with E-state index in [0.29, 0.717) is 5.58 Å². The van der Waals surface area contributed by atoms with Crippen molar-refractivity contribution in [1.29, 1.82) is 0 Å². The Kier molecular flexibility index (Phi) is 4.19. The summed E-state index contributed by atoms with van der Waals surface area (Å²) in [6.07, 6.45) is 0. The van der Waals surface area contributed by atoms with Gasteiger partial charge in [-0.3, -0.25) is 0 Å². The highest BCUT2D eigenvalue weighted by molar-refractivity contribution is 5.94. The highest BCUT2D eigenvalue weighted by Gasteiger charge is 2.16. The van der Waals surface area contributed by atoms with Crippen molar-refractivity contribution in [3.05, 3.63) is 94.8 Å². The van der Waals surface area contributed by atoms with Gasteiger partial charge in [-0.15, -0.1) is 0 Å². The van der Waals surface area contributed by atoms with E-state index in [9.17, 15) is 4.79 Å². The molecule has 0 radical (unpaired) electrons. The number of fused-ring (bicyclic) bond motifs is 1. The van der Waals surface area contributed by atoms with Crippen molar-refractivity contribution >= 4 is 11.0 Å². The number of hydrogen-bond donors (Lipinski definition) is 0. The Hall–Kier alpha value is -3.13. The Labute approximate surface area is 159 Å². The molecule has 1 heterocycles. The fourth-order valence-electron chi connectivity index (χ4n) is 3.34. The summed E-state index contributed by atoms with van der Waals surface area (Å²) in [5.74, 6) is 0. The molecule has 0 saturated heterocycles. The molecular formula is C25H22O2. The Morgan fingerprint density at radius 2 is 1.33 bits per heavy atom. The molecule has 0 unspecified atom stereocenters. The fourth-order valence-corrected chi connectivity index (χ4v) is 3.34. The maximum absolute atomic E-state index is 12.1. The summed E-state index contributed by atoms with van der Waals surface area (Å²) in [6.45, 7) is 6.55. The standard InChI is InChI=1S/C25H22O2/c1-25(2,3)20-13-14-23-22(15-20)21(16-24(26)27-23)19-11-9-18(10-12-19)17-7-5-4-6-8-17/h4-16H,1-3H3. The van der Waals surface area contributed by atoms with Crippen molar-refractivity contribution in [2.24, 2.45) is 0 Å². The predicted octanol–water partition coefficient (Wildman–Crippen LogP) is 6.42. The molecule has 27 heavy (non-hydrogen) atoms. The van der Waals surface area contributed by atoms with Gasteiger partial charge < -0.3 is 4.42 Å². The zero-order valence-electron chi connectivity index (χ0n) is 15.8. The fraction of sp³-hybridized carbons (Fsp3) is 0.160. The minimum Gasteiger partial charge on any atom is -0.423 e. The van der Waals surface area contributed by atoms with Crippen LogP contribution in [0.4, 0.5) is 0 Å². The van der Waals surface area contributed by atoms with Crippen LogP contribution in [-0.2, 0) is 5.41 Å². The Morgan fingerprint density at radius 3 is 2.00 bits per heavy atom. The van der Waals surface area contributed by atoms with E-state index in [4.69, 9.17) is 4.42 Å². The molecule has 0 spiro atoms. The molecule has 2 heteroatoms. The summed E-state index contributed by atoms with van der Waals surface area (Å²) in [5.41, 5.74) is 5.79. The third kappa shape index (κ3) is 3.43. The van der Waals surface area contributed by atoms with Crippen LogP contribution in [0.5, 0.6) is 0 Å². The summed E-state index contributed by atoms with van der Waals surface area (Å²) in [7, 11) is 0. The van der Waals surface area contributed by atoms with Crippen molar-refractivity contribution in [3.8, 4) is 22.3 Å². The lowest BCUT2D eigenvalue weighted by atomic mass is 9.85. The zero-order valence-corrected chi connectivity index (χ0v) is 15.8. The maximum Gasteiger partial charge on any atom is 0.336 e. The Bertz CT molecular complexity index is 1150. The zero-order chi connectivity index (χ0) is 19.0. The Balaban J connectivity index is 1.86. The summed E-state index contributed by atoms with van der Waals surface area (Å²) in [4.78, 5) is 12.1. The number of rotatable bonds is 2. The minimum atomic E-state index is -0.326. The molecule has 3 aromatic carbocycles. The molecule has 0 aliphatic carbocycles. The van der Waals surface area contributed by atoms with E-state index in [1.165, 1.54) is 11.1 Å². The molecule has 4 rings (SSSR count). The largest absolute Gasteiger partial charge is 0.423 e. The van der Waals surface area contributed by atoms with Crippen LogP contribution in [0.2, 0.25) is 0 Å². The van der Waals surface area contributed by atoms with Crippen LogP contribution in [-0.4, -0.2) is 0 Å². The van der Waals surface area contributed by atoms with Crippen molar-refractivity contribution in [3.63, 3.8) is 0 Å². The third-order valence-corrected chi connectivity index (χ3v) is 4.91. The highest BCUT2D eigenvalue weighted by Crippen LogP contribution is 2.32. The molecule has 2 nitrogen and oxygen atoms in total. The average molecular weight is 354 g/mol. The molecule has 134 valence electrons. The van der Waals surface area contributed by atoms with Gasteiger partial charge in [-0.05, 0) is 45.4 Å². The first-order chi connectivity index (χ1) is 12.9. The molecule has 0 amide bonds. The molecule has 0 atom stereocenters. The van der Waals surface area contributed by atoms with Crippen LogP contribution in [0.15, 0.2) is 88.1 Å². The SMILES string of the molecule is CC(C)(C)c1ccc2oc(=O)cc(-c3ccc(-c4ccccc4)cc3)c2c1. The first-order valence-electron chi connectivity index (χ1n) is 9.16. The monoisotopic (exact) mass is 354 g/mol. The average Bonchev–Trinajstić information content (AvgIpc) is 2.67. The van der Waals surface area contributed by atoms with Crippen LogP contribution >= 0.6 is 0 Å². The summed E-state index contributed by atoms with van der Waals surface area (Å²) >= 11 is 0. The van der Waals surface area contributed by atoms with Crippen LogP contribution in [0.3, 0.4) is 0 Å². The molecule has 0 bridgehead atoms. The minimum absolute atomic E-state index is 0.0266. The summed E-state index contributed by atoms with van der Waals surface area (Å²) < 4.78 is 5.43. The van der Waals surface area contributed by atoms with Gasteiger partial charge in [0.05, 0.1) is 0 Å². The van der Waals surface area contributed by atoms with Gasteiger partial charge in [-0.25, -0.2) is 4.79 Å². The smallest absolute Gasteiger partial charge is 0.336 e. The van der Waals surface area contributed by atoms with Gasteiger partial charge in [0.25, 0.3) is 0 Å². The molecule has 0 fully saturated rings. The molecule has 0 aliphatic heterocycles. The first-order valence-corrected chi connectivity index (χ1v) is 9.16. The van der Waals surface area contributed by atoms with E-state index in [-0.39, 0.29) is 11.0 Å². The van der Waals surface area contributed by atoms with E-state index in [1.807, 2.05) is 30.3 Å². The van der Waals surface area contributed by atoms with E-state index in [2.05, 4.69) is 63.2 Å². The van der Waals surface area contributed by atoms with E-state index < -0.39 is 0 Å². The molecule has 0 N–H and O–H groups in total. The molecule has 4 aromatic rings. The molecular weight excluding hydrogens is 332 g/mol. The van der Waals surface area contributed by atoms with Crippen molar-refractivity contribution in [1.82, 2.24) is 0 Å². The quantitative estimate of drug-likeness (QED) is 0.389. The lowest BCUT2D eigenvalue weighted by Crippen LogP contribution is -2.11. The molecule has 1 aromatic heterocycles. The third-order valence-electron chi connectivity index (χ3n) is 4.91. The van der Waals surface area contributed by atoms with Gasteiger partial charge in [-0.2, -0.15) is 0 Å². The second-order valence-electron chi connectivity index (χ2n) is 7.88. The van der Waals surface area contributed by atoms with Crippen LogP contribution < -0.4 is 5.63 Å².